The minimum atomic E-state index is -1.20. The third-order valence-corrected chi connectivity index (χ3v) is 6.58. The molecule has 0 spiro atoms. The lowest BCUT2D eigenvalue weighted by Gasteiger charge is -2.09. The van der Waals surface area contributed by atoms with Gasteiger partial charge in [0.1, 0.15) is 11.2 Å². The summed E-state index contributed by atoms with van der Waals surface area (Å²) in [6.45, 7) is 2.26. The number of hydrogen-bond donors (Lipinski definition) is 0. The number of benzene rings is 3. The first-order valence-electron chi connectivity index (χ1n) is 9.32. The van der Waals surface area contributed by atoms with E-state index in [1.165, 1.54) is 21.2 Å². The van der Waals surface area contributed by atoms with Crippen molar-refractivity contribution < 1.29 is 8.39 Å². The summed E-state index contributed by atoms with van der Waals surface area (Å²) in [6.07, 6.45) is 5.77. The van der Waals surface area contributed by atoms with Gasteiger partial charge in [-0.1, -0.05) is 55.5 Å². The van der Waals surface area contributed by atoms with Crippen LogP contribution < -0.4 is 15.1 Å². The monoisotopic (exact) mass is 375 g/mol. The molecule has 136 valence electrons. The van der Waals surface area contributed by atoms with Crippen LogP contribution in [-0.4, -0.2) is 14.1 Å². The second-order valence-corrected chi connectivity index (χ2v) is 9.09. The number of fused-ring (bicyclic) bond motifs is 7. The van der Waals surface area contributed by atoms with Crippen molar-refractivity contribution in [1.29, 1.82) is 0 Å². The Labute approximate surface area is 158 Å². The summed E-state index contributed by atoms with van der Waals surface area (Å²) in [4.78, 5) is 0. The fourth-order valence-electron chi connectivity index (χ4n) is 3.93. The van der Waals surface area contributed by atoms with Crippen molar-refractivity contribution in [3.63, 3.8) is 0 Å². The van der Waals surface area contributed by atoms with Gasteiger partial charge in [0, 0.05) is 24.9 Å². The Morgan fingerprint density at radius 1 is 0.926 bits per heavy atom. The minimum absolute atomic E-state index is 0.560. The van der Waals surface area contributed by atoms with E-state index in [0.29, 0.717) is 5.92 Å². The van der Waals surface area contributed by atoms with Crippen molar-refractivity contribution in [2.24, 2.45) is 5.92 Å². The van der Waals surface area contributed by atoms with Gasteiger partial charge in [0.15, 0.2) is 0 Å². The molecule has 0 saturated heterocycles. The van der Waals surface area contributed by atoms with E-state index in [4.69, 9.17) is 8.39 Å². The Morgan fingerprint density at radius 3 is 2.48 bits per heavy atom. The number of rotatable bonds is 1. The van der Waals surface area contributed by atoms with Crippen LogP contribution in [0.3, 0.4) is 0 Å². The molecule has 0 fully saturated rings. The highest BCUT2D eigenvalue weighted by Crippen LogP contribution is 2.37. The zero-order chi connectivity index (χ0) is 18.5. The lowest BCUT2D eigenvalue weighted by atomic mass is 9.95. The molecule has 4 heteroatoms. The maximum Gasteiger partial charge on any atom is 0.309 e. The van der Waals surface area contributed by atoms with Crippen molar-refractivity contribution in [2.45, 2.75) is 13.3 Å². The van der Waals surface area contributed by atoms with Crippen LogP contribution in [0.5, 0.6) is 0 Å². The molecule has 0 saturated carbocycles. The van der Waals surface area contributed by atoms with E-state index in [1.807, 2.05) is 18.8 Å². The van der Waals surface area contributed by atoms with E-state index in [-0.39, 0.29) is 0 Å². The number of nitrogens with zero attached hydrogens (tertiary/aromatic N) is 1. The normalized spacial score (nSPS) is 17.0. The van der Waals surface area contributed by atoms with Crippen LogP contribution in [0, 0.1) is 5.92 Å². The first-order chi connectivity index (χ1) is 13.1. The minimum Gasteiger partial charge on any atom is -0.408 e. The highest BCUT2D eigenvalue weighted by Gasteiger charge is 2.14. The quantitative estimate of drug-likeness (QED) is 0.456. The summed E-state index contributed by atoms with van der Waals surface area (Å²) >= 11 is 0. The van der Waals surface area contributed by atoms with Gasteiger partial charge in [-0.2, -0.15) is 0 Å². The Bertz CT molecular complexity index is 1350. The third kappa shape index (κ3) is 2.70. The zero-order valence-corrected chi connectivity index (χ0v) is 16.7. The van der Waals surface area contributed by atoms with Gasteiger partial charge >= 0.3 is 8.16 Å². The molecule has 0 aliphatic heterocycles. The van der Waals surface area contributed by atoms with Crippen LogP contribution >= 0.6 is 8.16 Å². The molecule has 2 unspecified atom stereocenters. The Kier molecular flexibility index (Phi) is 3.89. The fourth-order valence-corrected chi connectivity index (χ4v) is 4.93. The van der Waals surface area contributed by atoms with Crippen molar-refractivity contribution in [3.05, 3.63) is 59.0 Å². The standard InChI is InChI=1S/C23H22NO2P/c1-15-8-11-19-17(14-15)10-13-21-23(19)22-18-7-5-4-6-16(18)9-12-20(22)25-27(26-21)24(2)3/h4-7,9-15H,8H2,1-3H3. The van der Waals surface area contributed by atoms with E-state index in [9.17, 15) is 0 Å². The van der Waals surface area contributed by atoms with Crippen LogP contribution in [0.25, 0.3) is 44.9 Å². The van der Waals surface area contributed by atoms with E-state index in [1.54, 1.807) is 0 Å². The molecule has 1 aromatic heterocycles. The van der Waals surface area contributed by atoms with E-state index in [0.717, 1.165) is 28.4 Å². The maximum atomic E-state index is 6.38. The molecule has 3 nitrogen and oxygen atoms in total. The summed E-state index contributed by atoms with van der Waals surface area (Å²) in [5.41, 5.74) is 1.80. The van der Waals surface area contributed by atoms with Crippen LogP contribution in [-0.2, 0) is 0 Å². The second kappa shape index (κ2) is 6.30. The topological polar surface area (TPSA) is 29.5 Å². The summed E-state index contributed by atoms with van der Waals surface area (Å²) in [7, 11) is 2.80. The second-order valence-electron chi connectivity index (χ2n) is 7.45. The van der Waals surface area contributed by atoms with Gasteiger partial charge in [0.2, 0.25) is 0 Å². The molecule has 3 aromatic carbocycles. The molecule has 0 bridgehead atoms. The molecule has 27 heavy (non-hydrogen) atoms. The molecular formula is C23H22NO2P. The third-order valence-electron chi connectivity index (χ3n) is 5.22. The Morgan fingerprint density at radius 2 is 1.67 bits per heavy atom. The Hall–Kier alpha value is -2.48. The van der Waals surface area contributed by atoms with Crippen molar-refractivity contribution in [3.8, 4) is 0 Å². The lowest BCUT2D eigenvalue weighted by molar-refractivity contribution is 0.634. The average molecular weight is 375 g/mol. The zero-order valence-electron chi connectivity index (χ0n) is 15.8. The van der Waals surface area contributed by atoms with Gasteiger partial charge in [0.05, 0.1) is 0 Å². The van der Waals surface area contributed by atoms with Crippen molar-refractivity contribution in [1.82, 2.24) is 0 Å². The molecule has 2 atom stereocenters. The maximum absolute atomic E-state index is 6.38. The molecule has 1 heterocycles. The molecule has 0 amide bonds. The lowest BCUT2D eigenvalue weighted by Crippen LogP contribution is -2.29. The van der Waals surface area contributed by atoms with Crippen LogP contribution in [0.1, 0.15) is 13.3 Å². The van der Waals surface area contributed by atoms with E-state index < -0.39 is 8.16 Å². The molecular weight excluding hydrogens is 353 g/mol. The molecule has 0 N–H and O–H groups in total. The van der Waals surface area contributed by atoms with Gasteiger partial charge in [-0.15, -0.1) is 0 Å². The average Bonchev–Trinajstić information content (AvgIpc) is 2.85. The molecule has 1 aliphatic rings. The summed E-state index contributed by atoms with van der Waals surface area (Å²) in [6, 6.07) is 17.0. The molecule has 5 rings (SSSR count). The van der Waals surface area contributed by atoms with E-state index in [2.05, 4.69) is 67.6 Å². The molecule has 1 aliphatic carbocycles. The smallest absolute Gasteiger partial charge is 0.309 e. The van der Waals surface area contributed by atoms with Crippen LogP contribution in [0.15, 0.2) is 56.9 Å². The summed E-state index contributed by atoms with van der Waals surface area (Å²) in [5.74, 6) is 0.560. The first kappa shape index (κ1) is 16.7. The first-order valence-corrected chi connectivity index (χ1v) is 10.5. The largest absolute Gasteiger partial charge is 0.408 e. The summed E-state index contributed by atoms with van der Waals surface area (Å²) < 4.78 is 14.8. The predicted molar refractivity (Wildman–Crippen MR) is 116 cm³/mol. The molecule has 4 aromatic rings. The van der Waals surface area contributed by atoms with Crippen LogP contribution in [0.4, 0.5) is 0 Å². The van der Waals surface area contributed by atoms with Gasteiger partial charge in [-0.05, 0) is 45.7 Å². The SMILES string of the molecule is CC1C=c2ccc3op(N(C)C)oc4ccc5ccccc5c4c3c2=CC1. The molecule has 0 radical (unpaired) electrons. The highest BCUT2D eigenvalue weighted by molar-refractivity contribution is 7.38. The van der Waals surface area contributed by atoms with Gasteiger partial charge in [-0.3, -0.25) is 0 Å². The highest BCUT2D eigenvalue weighted by atomic mass is 31.1. The van der Waals surface area contributed by atoms with Crippen molar-refractivity contribution in [2.75, 3.05) is 18.8 Å². The predicted octanol–water partition coefficient (Wildman–Crippen LogP) is 5.24. The van der Waals surface area contributed by atoms with Crippen LogP contribution in [0.2, 0.25) is 0 Å². The van der Waals surface area contributed by atoms with Crippen molar-refractivity contribution >= 4 is 53.0 Å². The fraction of sp³-hybridized carbons (Fsp3) is 0.217. The van der Waals surface area contributed by atoms with E-state index >= 15 is 0 Å². The van der Waals surface area contributed by atoms with Gasteiger partial charge in [-0.25, -0.2) is 4.67 Å². The van der Waals surface area contributed by atoms with Gasteiger partial charge < -0.3 is 8.39 Å². The summed E-state index contributed by atoms with van der Waals surface area (Å²) in [5, 5.41) is 7.28. The van der Waals surface area contributed by atoms with Gasteiger partial charge in [0.25, 0.3) is 0 Å². The Balaban J connectivity index is 2.15. The number of hydrogen-bond acceptors (Lipinski definition) is 3.